The SMILES string of the molecule is CC(C)(C)OC(=O)COCCN1C(=O)S/C(=C\c2ccc(NCc3ccc(Cl)cc3C(F)(F)F)c(C=N)c2)C1=O. The molecule has 3 rings (SSSR count). The van der Waals surface area contributed by atoms with Crippen LogP contribution in [0.1, 0.15) is 43.0 Å². The van der Waals surface area contributed by atoms with Crippen LogP contribution in [0.5, 0.6) is 0 Å². The van der Waals surface area contributed by atoms with E-state index in [9.17, 15) is 27.6 Å². The van der Waals surface area contributed by atoms with Gasteiger partial charge in [0.15, 0.2) is 0 Å². The highest BCUT2D eigenvalue weighted by atomic mass is 35.5. The summed E-state index contributed by atoms with van der Waals surface area (Å²) in [5.41, 5.74) is -0.238. The van der Waals surface area contributed by atoms with Crippen molar-refractivity contribution in [1.82, 2.24) is 4.90 Å². The number of imide groups is 1. The topological polar surface area (TPSA) is 109 Å². The number of rotatable bonds is 10. The molecule has 0 bridgehead atoms. The van der Waals surface area contributed by atoms with Gasteiger partial charge in [0.2, 0.25) is 0 Å². The van der Waals surface area contributed by atoms with E-state index >= 15 is 0 Å². The first-order valence-corrected chi connectivity index (χ1v) is 13.2. The average molecular weight is 598 g/mol. The number of alkyl halides is 3. The summed E-state index contributed by atoms with van der Waals surface area (Å²) in [4.78, 5) is 38.0. The molecule has 1 fully saturated rings. The number of ether oxygens (including phenoxy) is 2. The minimum atomic E-state index is -4.58. The summed E-state index contributed by atoms with van der Waals surface area (Å²) in [5.74, 6) is -1.09. The number of thioether (sulfide) groups is 1. The van der Waals surface area contributed by atoms with Crippen molar-refractivity contribution in [3.05, 3.63) is 68.6 Å². The van der Waals surface area contributed by atoms with E-state index in [1.807, 2.05) is 0 Å². The number of halogens is 4. The molecule has 1 heterocycles. The zero-order valence-corrected chi connectivity index (χ0v) is 23.4. The van der Waals surface area contributed by atoms with Crippen molar-refractivity contribution in [3.8, 4) is 0 Å². The molecule has 1 aliphatic heterocycles. The number of anilines is 1. The van der Waals surface area contributed by atoms with Gasteiger partial charge in [0, 0.05) is 29.0 Å². The van der Waals surface area contributed by atoms with E-state index in [4.69, 9.17) is 26.5 Å². The van der Waals surface area contributed by atoms with Crippen LogP contribution < -0.4 is 5.32 Å². The molecule has 40 heavy (non-hydrogen) atoms. The highest BCUT2D eigenvalue weighted by Gasteiger charge is 2.35. The van der Waals surface area contributed by atoms with Gasteiger partial charge in [0.25, 0.3) is 11.1 Å². The molecule has 0 atom stereocenters. The molecule has 0 radical (unpaired) electrons. The predicted octanol–water partition coefficient (Wildman–Crippen LogP) is 6.36. The smallest absolute Gasteiger partial charge is 0.416 e. The fourth-order valence-corrected chi connectivity index (χ4v) is 4.67. The third-order valence-electron chi connectivity index (χ3n) is 5.35. The van der Waals surface area contributed by atoms with Gasteiger partial charge in [-0.1, -0.05) is 23.7 Å². The van der Waals surface area contributed by atoms with Gasteiger partial charge in [-0.2, -0.15) is 13.2 Å². The van der Waals surface area contributed by atoms with E-state index in [1.165, 1.54) is 18.2 Å². The number of nitrogens with one attached hydrogen (secondary N) is 2. The number of carbonyl (C=O) groups excluding carboxylic acids is 3. The van der Waals surface area contributed by atoms with E-state index in [0.717, 1.165) is 28.9 Å². The Hall–Kier alpha value is -3.35. The summed E-state index contributed by atoms with van der Waals surface area (Å²) < 4.78 is 50.5. The van der Waals surface area contributed by atoms with Gasteiger partial charge in [0.1, 0.15) is 12.2 Å². The zero-order chi connectivity index (χ0) is 29.7. The molecule has 2 aromatic carbocycles. The second-order valence-corrected chi connectivity index (χ2v) is 11.0. The third-order valence-corrected chi connectivity index (χ3v) is 6.49. The summed E-state index contributed by atoms with van der Waals surface area (Å²) in [6.07, 6.45) is -2.06. The predicted molar refractivity (Wildman–Crippen MR) is 147 cm³/mol. The number of carbonyl (C=O) groups is 3. The van der Waals surface area contributed by atoms with Gasteiger partial charge in [-0.15, -0.1) is 0 Å². The van der Waals surface area contributed by atoms with Crippen LogP contribution in [0.4, 0.5) is 23.7 Å². The Kier molecular flexibility index (Phi) is 10.0. The quantitative estimate of drug-likeness (QED) is 0.142. The molecular formula is C27H27ClF3N3O5S. The highest BCUT2D eigenvalue weighted by Crippen LogP contribution is 2.35. The zero-order valence-electron chi connectivity index (χ0n) is 21.9. The standard InChI is InChI=1S/C27H27ClF3N3O5S/c1-26(2,3)39-23(35)15-38-9-8-34-24(36)22(40-25(34)37)11-16-4-7-21(18(10-16)13-32)33-14-17-5-6-19(28)12-20(17)27(29,30)31/h4-7,10-13,32-33H,8-9,14-15H2,1-3H3/b22-11-,32-13?. The minimum Gasteiger partial charge on any atom is -0.458 e. The lowest BCUT2D eigenvalue weighted by Crippen LogP contribution is -2.32. The molecule has 0 aromatic heterocycles. The Balaban J connectivity index is 1.64. The van der Waals surface area contributed by atoms with E-state index in [1.54, 1.807) is 39.0 Å². The van der Waals surface area contributed by atoms with E-state index in [-0.39, 0.29) is 41.8 Å². The Labute approximate surface area is 238 Å². The lowest BCUT2D eigenvalue weighted by molar-refractivity contribution is -0.160. The number of hydrogen-bond donors (Lipinski definition) is 2. The molecule has 1 aliphatic rings. The van der Waals surface area contributed by atoms with Crippen molar-refractivity contribution < 1.29 is 37.0 Å². The van der Waals surface area contributed by atoms with Crippen molar-refractivity contribution in [1.29, 1.82) is 5.41 Å². The second-order valence-electron chi connectivity index (χ2n) is 9.62. The molecule has 2 N–H and O–H groups in total. The lowest BCUT2D eigenvalue weighted by Gasteiger charge is -2.19. The third kappa shape index (κ3) is 8.57. The first-order chi connectivity index (χ1) is 18.7. The average Bonchev–Trinajstić information content (AvgIpc) is 3.11. The molecule has 214 valence electrons. The Morgan fingerprint density at radius 2 is 1.88 bits per heavy atom. The maximum atomic E-state index is 13.4. The fourth-order valence-electron chi connectivity index (χ4n) is 3.64. The Morgan fingerprint density at radius 1 is 1.15 bits per heavy atom. The van der Waals surface area contributed by atoms with E-state index in [2.05, 4.69) is 5.32 Å². The Morgan fingerprint density at radius 3 is 2.52 bits per heavy atom. The van der Waals surface area contributed by atoms with Crippen molar-refractivity contribution in [3.63, 3.8) is 0 Å². The normalized spacial score (nSPS) is 15.1. The van der Waals surface area contributed by atoms with Crippen LogP contribution in [0.3, 0.4) is 0 Å². The van der Waals surface area contributed by atoms with Crippen molar-refractivity contribution in [2.24, 2.45) is 0 Å². The van der Waals surface area contributed by atoms with Crippen molar-refractivity contribution in [2.45, 2.75) is 39.1 Å². The molecule has 0 aliphatic carbocycles. The summed E-state index contributed by atoms with van der Waals surface area (Å²) in [5, 5.41) is 10.1. The van der Waals surface area contributed by atoms with Crippen LogP contribution in [-0.2, 0) is 31.8 Å². The molecular weight excluding hydrogens is 571 g/mol. The van der Waals surface area contributed by atoms with Crippen molar-refractivity contribution in [2.75, 3.05) is 25.1 Å². The van der Waals surface area contributed by atoms with Gasteiger partial charge < -0.3 is 20.2 Å². The minimum absolute atomic E-state index is 0.0133. The van der Waals surface area contributed by atoms with Gasteiger partial charge in [-0.3, -0.25) is 14.5 Å². The molecule has 13 heteroatoms. The van der Waals surface area contributed by atoms with E-state index < -0.39 is 34.5 Å². The van der Waals surface area contributed by atoms with Crippen LogP contribution in [0, 0.1) is 5.41 Å². The summed E-state index contributed by atoms with van der Waals surface area (Å²) in [6.45, 7) is 4.59. The first kappa shape index (κ1) is 31.2. The number of esters is 1. The molecule has 2 aromatic rings. The summed E-state index contributed by atoms with van der Waals surface area (Å²) in [7, 11) is 0. The summed E-state index contributed by atoms with van der Waals surface area (Å²) >= 11 is 6.48. The van der Waals surface area contributed by atoms with Crippen LogP contribution in [0.25, 0.3) is 6.08 Å². The molecule has 1 saturated heterocycles. The van der Waals surface area contributed by atoms with Gasteiger partial charge in [-0.25, -0.2) is 4.79 Å². The van der Waals surface area contributed by atoms with Gasteiger partial charge >= 0.3 is 12.1 Å². The summed E-state index contributed by atoms with van der Waals surface area (Å²) in [6, 6.07) is 8.27. The second kappa shape index (κ2) is 12.9. The lowest BCUT2D eigenvalue weighted by atomic mass is 10.1. The monoisotopic (exact) mass is 597 g/mol. The number of benzene rings is 2. The maximum absolute atomic E-state index is 13.4. The number of hydrogen-bond acceptors (Lipinski definition) is 8. The van der Waals surface area contributed by atoms with Crippen LogP contribution in [0.2, 0.25) is 5.02 Å². The highest BCUT2D eigenvalue weighted by molar-refractivity contribution is 8.18. The fraction of sp³-hybridized carbons (Fsp3) is 0.333. The van der Waals surface area contributed by atoms with Crippen molar-refractivity contribution >= 4 is 58.5 Å². The first-order valence-electron chi connectivity index (χ1n) is 12.0. The molecule has 0 spiro atoms. The number of amides is 2. The molecule has 0 saturated carbocycles. The van der Waals surface area contributed by atoms with Gasteiger partial charge in [0.05, 0.1) is 23.6 Å². The molecule has 2 amide bonds. The van der Waals surface area contributed by atoms with Crippen LogP contribution in [0.15, 0.2) is 41.3 Å². The van der Waals surface area contributed by atoms with Crippen LogP contribution in [-0.4, -0.2) is 53.6 Å². The Bertz CT molecular complexity index is 1340. The molecule has 0 unspecified atom stereocenters. The number of nitrogens with zero attached hydrogens (tertiary/aromatic N) is 1. The largest absolute Gasteiger partial charge is 0.458 e. The van der Waals surface area contributed by atoms with Gasteiger partial charge in [-0.05, 0) is 74.0 Å². The maximum Gasteiger partial charge on any atom is 0.416 e. The molecule has 8 nitrogen and oxygen atoms in total. The van der Waals surface area contributed by atoms with E-state index in [0.29, 0.717) is 16.8 Å². The van der Waals surface area contributed by atoms with Crippen LogP contribution >= 0.6 is 23.4 Å².